The third-order valence-corrected chi connectivity index (χ3v) is 4.29. The van der Waals surface area contributed by atoms with Crippen molar-refractivity contribution < 1.29 is 0 Å². The zero-order valence-electron chi connectivity index (χ0n) is 11.7. The van der Waals surface area contributed by atoms with Crippen molar-refractivity contribution >= 4 is 0 Å². The van der Waals surface area contributed by atoms with E-state index in [1.165, 1.54) is 30.4 Å². The maximum absolute atomic E-state index is 4.39. The molecule has 1 unspecified atom stereocenters. The molecule has 1 aromatic carbocycles. The molecule has 0 radical (unpaired) electrons. The maximum atomic E-state index is 4.39. The van der Waals surface area contributed by atoms with Gasteiger partial charge in [0.05, 0.1) is 6.54 Å². The molecule has 0 spiro atoms. The smallest absolute Gasteiger partial charge is 0.122 e. The molecule has 1 heterocycles. The lowest BCUT2D eigenvalue weighted by Gasteiger charge is -2.37. The summed E-state index contributed by atoms with van der Waals surface area (Å²) in [5, 5.41) is 3.71. The van der Waals surface area contributed by atoms with Crippen LogP contribution < -0.4 is 5.32 Å². The number of aryl methyl sites for hydroxylation is 2. The Hall–Kier alpha value is -1.61. The van der Waals surface area contributed by atoms with Crippen LogP contribution in [0.15, 0.2) is 36.7 Å². The first-order chi connectivity index (χ1) is 9.19. The number of nitrogens with one attached hydrogen (secondary N) is 1. The quantitative estimate of drug-likeness (QED) is 0.914. The fourth-order valence-electron chi connectivity index (χ4n) is 3.07. The SMILES string of the molecule is Cn1ccnc1CNC1(C)CCCc2ccccc21. The molecule has 100 valence electrons. The number of hydrogen-bond donors (Lipinski definition) is 1. The van der Waals surface area contributed by atoms with Gasteiger partial charge < -0.3 is 9.88 Å². The summed E-state index contributed by atoms with van der Waals surface area (Å²) in [7, 11) is 2.04. The molecule has 1 aromatic heterocycles. The number of nitrogens with zero attached hydrogens (tertiary/aromatic N) is 2. The van der Waals surface area contributed by atoms with E-state index < -0.39 is 0 Å². The van der Waals surface area contributed by atoms with Crippen molar-refractivity contribution in [1.29, 1.82) is 0 Å². The van der Waals surface area contributed by atoms with Crippen LogP contribution in [0, 0.1) is 0 Å². The van der Waals surface area contributed by atoms with E-state index in [1.54, 1.807) is 0 Å². The van der Waals surface area contributed by atoms with E-state index in [4.69, 9.17) is 0 Å². The molecule has 19 heavy (non-hydrogen) atoms. The second-order valence-electron chi connectivity index (χ2n) is 5.65. The minimum Gasteiger partial charge on any atom is -0.337 e. The summed E-state index contributed by atoms with van der Waals surface area (Å²) in [6, 6.07) is 8.81. The molecule has 1 aliphatic carbocycles. The molecule has 0 bridgehead atoms. The highest BCUT2D eigenvalue weighted by Crippen LogP contribution is 2.34. The Kier molecular flexibility index (Phi) is 3.15. The van der Waals surface area contributed by atoms with Crippen LogP contribution in [0.4, 0.5) is 0 Å². The van der Waals surface area contributed by atoms with Crippen LogP contribution in [0.3, 0.4) is 0 Å². The Labute approximate surface area is 114 Å². The highest BCUT2D eigenvalue weighted by Gasteiger charge is 2.31. The lowest BCUT2D eigenvalue weighted by atomic mass is 9.78. The third kappa shape index (κ3) is 2.30. The number of fused-ring (bicyclic) bond motifs is 1. The van der Waals surface area contributed by atoms with Gasteiger partial charge >= 0.3 is 0 Å². The van der Waals surface area contributed by atoms with Crippen molar-refractivity contribution in [1.82, 2.24) is 14.9 Å². The zero-order valence-corrected chi connectivity index (χ0v) is 11.7. The lowest BCUT2D eigenvalue weighted by Crippen LogP contribution is -2.42. The topological polar surface area (TPSA) is 29.9 Å². The van der Waals surface area contributed by atoms with Crippen molar-refractivity contribution in [2.24, 2.45) is 7.05 Å². The molecule has 2 aromatic rings. The largest absolute Gasteiger partial charge is 0.337 e. The van der Waals surface area contributed by atoms with Gasteiger partial charge in [0.2, 0.25) is 0 Å². The number of benzene rings is 1. The normalized spacial score (nSPS) is 22.2. The van der Waals surface area contributed by atoms with Crippen molar-refractivity contribution in [3.8, 4) is 0 Å². The van der Waals surface area contributed by atoms with Gasteiger partial charge in [0, 0.05) is 25.0 Å². The minimum absolute atomic E-state index is 0.0702. The molecule has 3 nitrogen and oxygen atoms in total. The third-order valence-electron chi connectivity index (χ3n) is 4.29. The average molecular weight is 255 g/mol. The molecule has 1 atom stereocenters. The summed E-state index contributed by atoms with van der Waals surface area (Å²) >= 11 is 0. The Morgan fingerprint density at radius 3 is 3.00 bits per heavy atom. The first-order valence-electron chi connectivity index (χ1n) is 6.99. The van der Waals surface area contributed by atoms with Crippen LogP contribution in [-0.4, -0.2) is 9.55 Å². The number of aromatic nitrogens is 2. The number of imidazole rings is 1. The van der Waals surface area contributed by atoms with Crippen LogP contribution in [0.25, 0.3) is 0 Å². The van der Waals surface area contributed by atoms with Crippen molar-refractivity contribution in [3.05, 3.63) is 53.6 Å². The first-order valence-corrected chi connectivity index (χ1v) is 6.99. The second-order valence-corrected chi connectivity index (χ2v) is 5.65. The monoisotopic (exact) mass is 255 g/mol. The van der Waals surface area contributed by atoms with Crippen LogP contribution in [0.5, 0.6) is 0 Å². The van der Waals surface area contributed by atoms with Crippen molar-refractivity contribution in [2.45, 2.75) is 38.3 Å². The van der Waals surface area contributed by atoms with E-state index in [-0.39, 0.29) is 5.54 Å². The Balaban J connectivity index is 1.82. The fraction of sp³-hybridized carbons (Fsp3) is 0.438. The van der Waals surface area contributed by atoms with Crippen molar-refractivity contribution in [3.63, 3.8) is 0 Å². The summed E-state index contributed by atoms with van der Waals surface area (Å²) in [6.07, 6.45) is 7.49. The van der Waals surface area contributed by atoms with E-state index in [9.17, 15) is 0 Å². The molecule has 0 aliphatic heterocycles. The van der Waals surface area contributed by atoms with Gasteiger partial charge in [-0.05, 0) is 37.3 Å². The molecule has 1 N–H and O–H groups in total. The van der Waals surface area contributed by atoms with Crippen LogP contribution >= 0.6 is 0 Å². The summed E-state index contributed by atoms with van der Waals surface area (Å²) < 4.78 is 2.07. The summed E-state index contributed by atoms with van der Waals surface area (Å²) in [4.78, 5) is 4.39. The molecule has 0 amide bonds. The predicted octanol–water partition coefficient (Wildman–Crippen LogP) is 2.76. The fourth-order valence-corrected chi connectivity index (χ4v) is 3.07. The Morgan fingerprint density at radius 1 is 1.37 bits per heavy atom. The predicted molar refractivity (Wildman–Crippen MR) is 76.8 cm³/mol. The molecule has 3 rings (SSSR count). The lowest BCUT2D eigenvalue weighted by molar-refractivity contribution is 0.306. The highest BCUT2D eigenvalue weighted by molar-refractivity contribution is 5.35. The Bertz CT molecular complexity index is 573. The van der Waals surface area contributed by atoms with Gasteiger partial charge in [-0.3, -0.25) is 0 Å². The first kappa shape index (κ1) is 12.4. The molecular formula is C16H21N3. The van der Waals surface area contributed by atoms with Gasteiger partial charge in [0.1, 0.15) is 5.82 Å². The molecule has 0 saturated carbocycles. The summed E-state index contributed by atoms with van der Waals surface area (Å²) in [5.74, 6) is 1.09. The molecule has 1 aliphatic rings. The van der Waals surface area contributed by atoms with Gasteiger partial charge in [-0.25, -0.2) is 4.98 Å². The van der Waals surface area contributed by atoms with Gasteiger partial charge in [0.25, 0.3) is 0 Å². The van der Waals surface area contributed by atoms with E-state index in [1.807, 2.05) is 19.4 Å². The second kappa shape index (κ2) is 4.82. The standard InChI is InChI=1S/C16H21N3/c1-16(18-12-15-17-10-11-19(15)2)9-5-7-13-6-3-4-8-14(13)16/h3-4,6,8,10-11,18H,5,7,9,12H2,1-2H3. The van der Waals surface area contributed by atoms with Gasteiger partial charge in [0.15, 0.2) is 0 Å². The zero-order chi connectivity index (χ0) is 13.3. The van der Waals surface area contributed by atoms with Crippen molar-refractivity contribution in [2.75, 3.05) is 0 Å². The molecule has 3 heteroatoms. The highest BCUT2D eigenvalue weighted by atomic mass is 15.1. The van der Waals surface area contributed by atoms with Crippen LogP contribution in [0.2, 0.25) is 0 Å². The maximum Gasteiger partial charge on any atom is 0.122 e. The minimum atomic E-state index is 0.0702. The van der Waals surface area contributed by atoms with E-state index in [2.05, 4.69) is 46.1 Å². The Morgan fingerprint density at radius 2 is 2.21 bits per heavy atom. The molecular weight excluding hydrogens is 234 g/mol. The summed E-state index contributed by atoms with van der Waals surface area (Å²) in [5.41, 5.74) is 3.01. The summed E-state index contributed by atoms with van der Waals surface area (Å²) in [6.45, 7) is 3.13. The van der Waals surface area contributed by atoms with E-state index >= 15 is 0 Å². The number of rotatable bonds is 3. The van der Waals surface area contributed by atoms with Gasteiger partial charge in [-0.1, -0.05) is 24.3 Å². The van der Waals surface area contributed by atoms with Crippen LogP contribution in [0.1, 0.15) is 36.7 Å². The van der Waals surface area contributed by atoms with E-state index in [0.717, 1.165) is 12.4 Å². The average Bonchev–Trinajstić information content (AvgIpc) is 2.83. The molecule has 0 fully saturated rings. The van der Waals surface area contributed by atoms with Gasteiger partial charge in [-0.2, -0.15) is 0 Å². The van der Waals surface area contributed by atoms with Crippen LogP contribution in [-0.2, 0) is 25.6 Å². The molecule has 0 saturated heterocycles. The number of hydrogen-bond acceptors (Lipinski definition) is 2. The van der Waals surface area contributed by atoms with E-state index in [0.29, 0.717) is 0 Å². The van der Waals surface area contributed by atoms with Gasteiger partial charge in [-0.15, -0.1) is 0 Å².